The van der Waals surface area contributed by atoms with Gasteiger partial charge in [-0.1, -0.05) is 48.0 Å². The summed E-state index contributed by atoms with van der Waals surface area (Å²) in [4.78, 5) is 29.2. The summed E-state index contributed by atoms with van der Waals surface area (Å²) >= 11 is 0. The van der Waals surface area contributed by atoms with Gasteiger partial charge in [0.25, 0.3) is 0 Å². The topological polar surface area (TPSA) is 55.7 Å². The van der Waals surface area contributed by atoms with Crippen LogP contribution in [0.4, 0.5) is 5.69 Å². The minimum atomic E-state index is -0.555. The molecule has 4 heteroatoms. The maximum absolute atomic E-state index is 12.8. The predicted octanol–water partition coefficient (Wildman–Crippen LogP) is 4.46. The molecule has 0 N–H and O–H groups in total. The van der Waals surface area contributed by atoms with E-state index in [1.807, 2.05) is 37.3 Å². The molecule has 0 atom stereocenters. The Hall–Kier alpha value is -3.01. The Labute approximate surface area is 147 Å². The van der Waals surface area contributed by atoms with Crippen molar-refractivity contribution >= 4 is 23.2 Å². The number of aryl methyl sites for hydroxylation is 1. The summed E-state index contributed by atoms with van der Waals surface area (Å²) in [6, 6.07) is 16.4. The van der Waals surface area contributed by atoms with E-state index < -0.39 is 5.97 Å². The van der Waals surface area contributed by atoms with E-state index in [1.54, 1.807) is 38.1 Å². The molecular weight excluding hydrogens is 314 g/mol. The van der Waals surface area contributed by atoms with Crippen molar-refractivity contribution in [2.75, 3.05) is 6.61 Å². The smallest absolute Gasteiger partial charge is 0.331 e. The summed E-state index contributed by atoms with van der Waals surface area (Å²) in [6.45, 7) is 5.67. The number of aliphatic imine (C=N–C) groups is 1. The van der Waals surface area contributed by atoms with Crippen molar-refractivity contribution in [3.05, 3.63) is 77.4 Å². The van der Waals surface area contributed by atoms with Gasteiger partial charge in [0.15, 0.2) is 5.78 Å². The SMILES string of the molecule is CCOC(=O)/C=C(/C(=O)c1ccccc1)C(C)=Nc1ccc(C)cc1. The van der Waals surface area contributed by atoms with Crippen LogP contribution in [0.5, 0.6) is 0 Å². The highest BCUT2D eigenvalue weighted by atomic mass is 16.5. The van der Waals surface area contributed by atoms with Crippen LogP contribution in [-0.2, 0) is 9.53 Å². The first-order valence-electron chi connectivity index (χ1n) is 8.11. The van der Waals surface area contributed by atoms with E-state index in [9.17, 15) is 9.59 Å². The highest BCUT2D eigenvalue weighted by molar-refractivity contribution is 6.29. The summed E-state index contributed by atoms with van der Waals surface area (Å²) in [5.74, 6) is -0.817. The van der Waals surface area contributed by atoms with Gasteiger partial charge in [-0.2, -0.15) is 0 Å². The van der Waals surface area contributed by atoms with Gasteiger partial charge >= 0.3 is 5.97 Å². The molecule has 0 spiro atoms. The molecule has 2 aromatic rings. The van der Waals surface area contributed by atoms with E-state index in [1.165, 1.54) is 6.08 Å². The second-order valence-electron chi connectivity index (χ2n) is 5.54. The summed E-state index contributed by atoms with van der Waals surface area (Å²) in [6.07, 6.45) is 1.21. The minimum absolute atomic E-state index is 0.227. The van der Waals surface area contributed by atoms with Crippen LogP contribution in [-0.4, -0.2) is 24.1 Å². The van der Waals surface area contributed by atoms with Crippen molar-refractivity contribution in [2.24, 2.45) is 4.99 Å². The largest absolute Gasteiger partial charge is 0.463 e. The van der Waals surface area contributed by atoms with Gasteiger partial charge in [0.1, 0.15) is 0 Å². The molecule has 0 aromatic heterocycles. The predicted molar refractivity (Wildman–Crippen MR) is 99.4 cm³/mol. The zero-order chi connectivity index (χ0) is 18.2. The lowest BCUT2D eigenvalue weighted by Gasteiger charge is -2.07. The molecule has 0 bridgehead atoms. The lowest BCUT2D eigenvalue weighted by molar-refractivity contribution is -0.137. The lowest BCUT2D eigenvalue weighted by atomic mass is 9.99. The second-order valence-corrected chi connectivity index (χ2v) is 5.54. The van der Waals surface area contributed by atoms with E-state index in [2.05, 4.69) is 4.99 Å². The van der Waals surface area contributed by atoms with E-state index in [-0.39, 0.29) is 18.0 Å². The van der Waals surface area contributed by atoms with E-state index in [4.69, 9.17) is 4.74 Å². The number of allylic oxidation sites excluding steroid dienone is 1. The fourth-order valence-corrected chi connectivity index (χ4v) is 2.25. The van der Waals surface area contributed by atoms with Gasteiger partial charge < -0.3 is 4.74 Å². The standard InChI is InChI=1S/C21H21NO3/c1-4-25-20(23)14-19(21(24)17-8-6-5-7-9-17)16(3)22-18-12-10-15(2)11-13-18/h5-14H,4H2,1-3H3/b19-14+,22-16?. The highest BCUT2D eigenvalue weighted by Gasteiger charge is 2.17. The molecule has 2 aromatic carbocycles. The van der Waals surface area contributed by atoms with Gasteiger partial charge in [0, 0.05) is 17.4 Å². The molecule has 0 saturated carbocycles. The molecule has 0 radical (unpaired) electrons. The Kier molecular flexibility index (Phi) is 6.40. The number of ether oxygens (including phenoxy) is 1. The number of hydrogen-bond acceptors (Lipinski definition) is 4. The van der Waals surface area contributed by atoms with Gasteiger partial charge in [0.05, 0.1) is 17.9 Å². The van der Waals surface area contributed by atoms with Crippen molar-refractivity contribution in [3.8, 4) is 0 Å². The van der Waals surface area contributed by atoms with Crippen molar-refractivity contribution in [3.63, 3.8) is 0 Å². The van der Waals surface area contributed by atoms with Crippen molar-refractivity contribution < 1.29 is 14.3 Å². The van der Waals surface area contributed by atoms with Gasteiger partial charge in [-0.25, -0.2) is 4.79 Å². The van der Waals surface area contributed by atoms with Crippen molar-refractivity contribution in [1.29, 1.82) is 0 Å². The zero-order valence-corrected chi connectivity index (χ0v) is 14.7. The number of ketones is 1. The third-order valence-electron chi connectivity index (χ3n) is 3.55. The number of carbonyl (C=O) groups excluding carboxylic acids is 2. The molecule has 0 aliphatic heterocycles. The van der Waals surface area contributed by atoms with Crippen LogP contribution < -0.4 is 0 Å². The Morgan fingerprint density at radius 1 is 1.04 bits per heavy atom. The number of rotatable bonds is 6. The Morgan fingerprint density at radius 2 is 1.68 bits per heavy atom. The molecule has 4 nitrogen and oxygen atoms in total. The zero-order valence-electron chi connectivity index (χ0n) is 14.7. The molecule has 0 unspecified atom stereocenters. The summed E-state index contributed by atoms with van der Waals surface area (Å²) < 4.78 is 4.95. The molecule has 0 heterocycles. The molecule has 0 aliphatic rings. The first-order chi connectivity index (χ1) is 12.0. The highest BCUT2D eigenvalue weighted by Crippen LogP contribution is 2.17. The maximum Gasteiger partial charge on any atom is 0.331 e. The fraction of sp³-hybridized carbons (Fsp3) is 0.190. The van der Waals surface area contributed by atoms with Crippen LogP contribution in [0, 0.1) is 6.92 Å². The fourth-order valence-electron chi connectivity index (χ4n) is 2.25. The molecular formula is C21H21NO3. The third-order valence-corrected chi connectivity index (χ3v) is 3.55. The first-order valence-corrected chi connectivity index (χ1v) is 8.11. The molecule has 0 aliphatic carbocycles. The Balaban J connectivity index is 2.41. The van der Waals surface area contributed by atoms with E-state index in [0.717, 1.165) is 11.3 Å². The summed E-state index contributed by atoms with van der Waals surface area (Å²) in [5.41, 5.74) is 3.03. The lowest BCUT2D eigenvalue weighted by Crippen LogP contribution is -2.14. The van der Waals surface area contributed by atoms with E-state index in [0.29, 0.717) is 11.3 Å². The van der Waals surface area contributed by atoms with Gasteiger partial charge in [-0.3, -0.25) is 9.79 Å². The van der Waals surface area contributed by atoms with Crippen LogP contribution >= 0.6 is 0 Å². The summed E-state index contributed by atoms with van der Waals surface area (Å²) in [7, 11) is 0. The van der Waals surface area contributed by atoms with Crippen molar-refractivity contribution in [1.82, 2.24) is 0 Å². The molecule has 0 saturated heterocycles. The quantitative estimate of drug-likeness (QED) is 0.339. The number of hydrogen-bond donors (Lipinski definition) is 0. The van der Waals surface area contributed by atoms with Gasteiger partial charge in [0.2, 0.25) is 0 Å². The number of carbonyl (C=O) groups is 2. The second kappa shape index (κ2) is 8.73. The molecule has 2 rings (SSSR count). The van der Waals surface area contributed by atoms with Crippen LogP contribution in [0.15, 0.2) is 71.2 Å². The monoisotopic (exact) mass is 335 g/mol. The average molecular weight is 335 g/mol. The number of benzene rings is 2. The molecule has 128 valence electrons. The van der Waals surface area contributed by atoms with Crippen molar-refractivity contribution in [2.45, 2.75) is 20.8 Å². The minimum Gasteiger partial charge on any atom is -0.463 e. The summed E-state index contributed by atoms with van der Waals surface area (Å²) in [5, 5.41) is 0. The number of esters is 1. The van der Waals surface area contributed by atoms with Crippen LogP contribution in [0.3, 0.4) is 0 Å². The van der Waals surface area contributed by atoms with Gasteiger partial charge in [-0.05, 0) is 32.9 Å². The Morgan fingerprint density at radius 3 is 2.28 bits per heavy atom. The first kappa shape index (κ1) is 18.3. The van der Waals surface area contributed by atoms with Crippen LogP contribution in [0.1, 0.15) is 29.8 Å². The Bertz CT molecular complexity index is 803. The third kappa shape index (κ3) is 5.24. The maximum atomic E-state index is 12.8. The molecule has 0 fully saturated rings. The average Bonchev–Trinajstić information content (AvgIpc) is 2.62. The number of nitrogens with zero attached hydrogens (tertiary/aromatic N) is 1. The normalized spacial score (nSPS) is 12.0. The molecule has 25 heavy (non-hydrogen) atoms. The van der Waals surface area contributed by atoms with Gasteiger partial charge in [-0.15, -0.1) is 0 Å². The van der Waals surface area contributed by atoms with Crippen LogP contribution in [0.25, 0.3) is 0 Å². The van der Waals surface area contributed by atoms with E-state index >= 15 is 0 Å². The number of Topliss-reactive ketones (excluding diaryl/α,β-unsaturated/α-hetero) is 1. The van der Waals surface area contributed by atoms with Crippen LogP contribution in [0.2, 0.25) is 0 Å². The molecule has 0 amide bonds.